The van der Waals surface area contributed by atoms with E-state index in [1.165, 1.54) is 0 Å². The summed E-state index contributed by atoms with van der Waals surface area (Å²) in [6, 6.07) is -0.218. The first-order valence-corrected chi connectivity index (χ1v) is 5.12. The summed E-state index contributed by atoms with van der Waals surface area (Å²) in [7, 11) is 0. The average Bonchev–Trinajstić information content (AvgIpc) is 2.66. The van der Waals surface area contributed by atoms with E-state index in [0.717, 1.165) is 13.1 Å². The monoisotopic (exact) mass is 248 g/mol. The van der Waals surface area contributed by atoms with Crippen LogP contribution in [0.2, 0.25) is 0 Å². The van der Waals surface area contributed by atoms with E-state index >= 15 is 0 Å². The molecule has 1 aliphatic heterocycles. The zero-order valence-corrected chi connectivity index (χ0v) is 10.2. The Hall–Kier alpha value is -0.850. The fraction of sp³-hybridized carbons (Fsp3) is 0.778. The third-order valence-electron chi connectivity index (χ3n) is 2.34. The van der Waals surface area contributed by atoms with E-state index in [1.807, 2.05) is 18.7 Å². The number of rotatable bonds is 2. The van der Waals surface area contributed by atoms with Gasteiger partial charge in [0.25, 0.3) is 5.95 Å². The molecule has 2 heterocycles. The topological polar surface area (TPSA) is 77.4 Å². The van der Waals surface area contributed by atoms with Crippen molar-refractivity contribution in [2.75, 3.05) is 24.6 Å². The first kappa shape index (κ1) is 13.2. The minimum atomic E-state index is -0.218. The smallest absolute Gasteiger partial charge is 0.266 e. The van der Waals surface area contributed by atoms with Gasteiger partial charge in [-0.25, -0.2) is 0 Å². The molecular formula is C9H17ClN4O2. The van der Waals surface area contributed by atoms with Crippen molar-refractivity contribution in [3.63, 3.8) is 0 Å². The van der Waals surface area contributed by atoms with Crippen molar-refractivity contribution in [2.45, 2.75) is 26.0 Å². The molecule has 1 fully saturated rings. The zero-order chi connectivity index (χ0) is 10.8. The highest BCUT2D eigenvalue weighted by Crippen LogP contribution is 2.16. The second-order valence-electron chi connectivity index (χ2n) is 3.85. The molecule has 2 atom stereocenters. The van der Waals surface area contributed by atoms with E-state index in [-0.39, 0.29) is 24.6 Å². The van der Waals surface area contributed by atoms with Crippen molar-refractivity contribution in [1.82, 2.24) is 10.1 Å². The van der Waals surface area contributed by atoms with Crippen molar-refractivity contribution in [3.8, 4) is 0 Å². The van der Waals surface area contributed by atoms with Crippen molar-refractivity contribution >= 4 is 18.4 Å². The molecule has 6 nitrogen and oxygen atoms in total. The van der Waals surface area contributed by atoms with E-state index < -0.39 is 0 Å². The quantitative estimate of drug-likeness (QED) is 0.832. The van der Waals surface area contributed by atoms with E-state index in [2.05, 4.69) is 10.1 Å². The van der Waals surface area contributed by atoms with Crippen LogP contribution in [0.1, 0.15) is 25.8 Å². The summed E-state index contributed by atoms with van der Waals surface area (Å²) in [5, 5.41) is 3.90. The van der Waals surface area contributed by atoms with E-state index in [0.29, 0.717) is 18.4 Å². The maximum absolute atomic E-state index is 5.64. The summed E-state index contributed by atoms with van der Waals surface area (Å²) in [6.45, 7) is 6.13. The average molecular weight is 249 g/mol. The largest absolute Gasteiger partial charge is 0.375 e. The Morgan fingerprint density at radius 1 is 1.56 bits per heavy atom. The van der Waals surface area contributed by atoms with Gasteiger partial charge in [0.05, 0.1) is 18.8 Å². The van der Waals surface area contributed by atoms with Gasteiger partial charge in [-0.1, -0.05) is 0 Å². The maximum Gasteiger partial charge on any atom is 0.266 e. The molecule has 0 bridgehead atoms. The Labute approximate surface area is 101 Å². The second kappa shape index (κ2) is 5.47. The van der Waals surface area contributed by atoms with Gasteiger partial charge in [0.15, 0.2) is 0 Å². The Morgan fingerprint density at radius 2 is 2.31 bits per heavy atom. The summed E-state index contributed by atoms with van der Waals surface area (Å²) >= 11 is 0. The normalized spacial score (nSPS) is 22.7. The molecule has 1 aromatic rings. The summed E-state index contributed by atoms with van der Waals surface area (Å²) < 4.78 is 10.5. The lowest BCUT2D eigenvalue weighted by atomic mass is 10.3. The molecule has 2 N–H and O–H groups in total. The van der Waals surface area contributed by atoms with Gasteiger partial charge in [0.2, 0.25) is 5.89 Å². The minimum Gasteiger partial charge on any atom is -0.375 e. The number of morpholine rings is 1. The Bertz CT molecular complexity index is 331. The molecular weight excluding hydrogens is 232 g/mol. The van der Waals surface area contributed by atoms with Crippen LogP contribution in [0, 0.1) is 0 Å². The van der Waals surface area contributed by atoms with Crippen molar-refractivity contribution in [1.29, 1.82) is 0 Å². The maximum atomic E-state index is 5.64. The molecule has 0 saturated carbocycles. The van der Waals surface area contributed by atoms with Gasteiger partial charge in [0, 0.05) is 13.1 Å². The third kappa shape index (κ3) is 2.84. The van der Waals surface area contributed by atoms with Gasteiger partial charge >= 0.3 is 0 Å². The number of aromatic nitrogens is 2. The van der Waals surface area contributed by atoms with Crippen LogP contribution < -0.4 is 10.6 Å². The van der Waals surface area contributed by atoms with E-state index in [1.54, 1.807) is 0 Å². The van der Waals surface area contributed by atoms with Crippen LogP contribution in [0.4, 0.5) is 5.95 Å². The minimum absolute atomic E-state index is 0. The van der Waals surface area contributed by atoms with Crippen LogP contribution in [0.3, 0.4) is 0 Å². The van der Waals surface area contributed by atoms with Crippen LogP contribution in [-0.4, -0.2) is 35.9 Å². The van der Waals surface area contributed by atoms with E-state index in [9.17, 15) is 0 Å². The second-order valence-corrected chi connectivity index (χ2v) is 3.85. The summed E-state index contributed by atoms with van der Waals surface area (Å²) in [5.74, 6) is 1.08. The molecule has 1 aromatic heterocycles. The lowest BCUT2D eigenvalue weighted by Gasteiger charge is -2.29. The first-order chi connectivity index (χ1) is 7.16. The Kier molecular flexibility index (Phi) is 4.52. The van der Waals surface area contributed by atoms with Crippen LogP contribution in [-0.2, 0) is 4.74 Å². The number of nitrogens with zero attached hydrogens (tertiary/aromatic N) is 3. The molecule has 1 saturated heterocycles. The van der Waals surface area contributed by atoms with Crippen LogP contribution in [0.25, 0.3) is 0 Å². The summed E-state index contributed by atoms with van der Waals surface area (Å²) in [4.78, 5) is 6.28. The van der Waals surface area contributed by atoms with Gasteiger partial charge in [-0.15, -0.1) is 12.4 Å². The SMILES string of the molecule is CC(N)c1nc(N2CCO[C@@H](C)C2)no1.Cl. The molecule has 16 heavy (non-hydrogen) atoms. The number of hydrogen-bond acceptors (Lipinski definition) is 6. The van der Waals surface area contributed by atoms with Gasteiger partial charge in [-0.05, 0) is 19.0 Å². The molecule has 0 spiro atoms. The number of hydrogen-bond donors (Lipinski definition) is 1. The van der Waals surface area contributed by atoms with Crippen LogP contribution in [0.15, 0.2) is 4.52 Å². The fourth-order valence-corrected chi connectivity index (χ4v) is 1.54. The molecule has 0 amide bonds. The number of ether oxygens (including phenoxy) is 1. The first-order valence-electron chi connectivity index (χ1n) is 5.12. The van der Waals surface area contributed by atoms with Gasteiger partial charge < -0.3 is 19.9 Å². The number of halogens is 1. The molecule has 7 heteroatoms. The zero-order valence-electron chi connectivity index (χ0n) is 9.42. The Balaban J connectivity index is 0.00000128. The van der Waals surface area contributed by atoms with Crippen molar-refractivity contribution in [3.05, 3.63) is 5.89 Å². The highest BCUT2D eigenvalue weighted by molar-refractivity contribution is 5.85. The van der Waals surface area contributed by atoms with E-state index in [4.69, 9.17) is 15.0 Å². The van der Waals surface area contributed by atoms with Gasteiger partial charge in [-0.2, -0.15) is 4.98 Å². The number of nitrogens with two attached hydrogens (primary N) is 1. The predicted molar refractivity (Wildman–Crippen MR) is 61.8 cm³/mol. The molecule has 2 rings (SSSR count). The standard InChI is InChI=1S/C9H16N4O2.ClH/c1-6-5-13(3-4-14-6)9-11-8(7(2)10)15-12-9;/h6-7H,3-5,10H2,1-2H3;1H/t6-,7?;/m0./s1. The van der Waals surface area contributed by atoms with Gasteiger partial charge in [-0.3, -0.25) is 0 Å². The highest BCUT2D eigenvalue weighted by Gasteiger charge is 2.21. The molecule has 92 valence electrons. The molecule has 1 unspecified atom stereocenters. The Morgan fingerprint density at radius 3 is 2.88 bits per heavy atom. The third-order valence-corrected chi connectivity index (χ3v) is 2.34. The summed E-state index contributed by atoms with van der Waals surface area (Å²) in [6.07, 6.45) is 0.205. The number of anilines is 1. The molecule has 0 radical (unpaired) electrons. The van der Waals surface area contributed by atoms with Crippen molar-refractivity contribution in [2.24, 2.45) is 5.73 Å². The molecule has 1 aliphatic rings. The lowest BCUT2D eigenvalue weighted by molar-refractivity contribution is 0.0525. The molecule has 0 aliphatic carbocycles. The van der Waals surface area contributed by atoms with Crippen LogP contribution in [0.5, 0.6) is 0 Å². The van der Waals surface area contributed by atoms with Crippen molar-refractivity contribution < 1.29 is 9.26 Å². The van der Waals surface area contributed by atoms with Crippen LogP contribution >= 0.6 is 12.4 Å². The van der Waals surface area contributed by atoms with Gasteiger partial charge in [0.1, 0.15) is 0 Å². The summed E-state index contributed by atoms with van der Waals surface area (Å²) in [5.41, 5.74) is 5.64. The molecule has 0 aromatic carbocycles. The fourth-order valence-electron chi connectivity index (χ4n) is 1.54. The highest BCUT2D eigenvalue weighted by atomic mass is 35.5. The lowest BCUT2D eigenvalue weighted by Crippen LogP contribution is -2.41. The predicted octanol–water partition coefficient (Wildman–Crippen LogP) is 0.736.